The summed E-state index contributed by atoms with van der Waals surface area (Å²) in [7, 11) is -1.14. The van der Waals surface area contributed by atoms with Gasteiger partial charge in [-0.25, -0.2) is 9.97 Å². The van der Waals surface area contributed by atoms with Gasteiger partial charge in [-0.1, -0.05) is 31.2 Å². The highest BCUT2D eigenvalue weighted by Gasteiger charge is 2.33. The second-order valence-corrected chi connectivity index (χ2v) is 18.0. The van der Waals surface area contributed by atoms with E-state index < -0.39 is 8.07 Å². The van der Waals surface area contributed by atoms with Crippen molar-refractivity contribution < 1.29 is 4.74 Å². The van der Waals surface area contributed by atoms with Crippen LogP contribution in [0.25, 0.3) is 22.3 Å². The van der Waals surface area contributed by atoms with Gasteiger partial charge >= 0.3 is 0 Å². The van der Waals surface area contributed by atoms with Gasteiger partial charge in [0.2, 0.25) is 0 Å². The summed E-state index contributed by atoms with van der Waals surface area (Å²) in [4.78, 5) is 11.3. The number of aromatic nitrogens is 5. The lowest BCUT2D eigenvalue weighted by atomic mass is 9.96. The van der Waals surface area contributed by atoms with Crippen LogP contribution in [-0.4, -0.2) is 52.1 Å². The van der Waals surface area contributed by atoms with Crippen molar-refractivity contribution in [1.29, 1.82) is 10.5 Å². The molecule has 39 heavy (non-hydrogen) atoms. The molecule has 0 N–H and O–H groups in total. The number of ether oxygens (including phenoxy) is 1. The number of halogens is 1. The van der Waals surface area contributed by atoms with Crippen molar-refractivity contribution in [3.63, 3.8) is 0 Å². The van der Waals surface area contributed by atoms with Gasteiger partial charge in [-0.2, -0.15) is 15.6 Å². The van der Waals surface area contributed by atoms with E-state index in [1.165, 1.54) is 11.3 Å². The summed E-state index contributed by atoms with van der Waals surface area (Å²) in [5, 5.41) is 28.0. The molecule has 0 spiro atoms. The molecule has 1 saturated heterocycles. The highest BCUT2D eigenvalue weighted by atomic mass is 35.5. The van der Waals surface area contributed by atoms with Crippen LogP contribution in [0.5, 0.6) is 0 Å². The van der Waals surface area contributed by atoms with Crippen molar-refractivity contribution in [2.45, 2.75) is 51.3 Å². The SMILES string of the molecule is C[Si](C)(C)CCOCn1ccc2c(-c3cnn([C@@H](CC#N)[C@H]4CCN(c5scc(Cl)c5C#N)C4)c3)ncnc21. The zero-order valence-electron chi connectivity index (χ0n) is 22.3. The summed E-state index contributed by atoms with van der Waals surface area (Å²) < 4.78 is 9.86. The van der Waals surface area contributed by atoms with Crippen LogP contribution in [0, 0.1) is 28.6 Å². The van der Waals surface area contributed by atoms with Gasteiger partial charge in [0.1, 0.15) is 35.3 Å². The van der Waals surface area contributed by atoms with Crippen LogP contribution in [0.1, 0.15) is 24.4 Å². The molecule has 1 aliphatic rings. The van der Waals surface area contributed by atoms with Crippen LogP contribution in [0.15, 0.2) is 36.4 Å². The number of nitrogens with zero attached hydrogens (tertiary/aromatic N) is 8. The second-order valence-electron chi connectivity index (χ2n) is 11.1. The molecule has 0 saturated carbocycles. The van der Waals surface area contributed by atoms with Gasteiger partial charge in [0.15, 0.2) is 0 Å². The molecule has 202 valence electrons. The van der Waals surface area contributed by atoms with E-state index in [9.17, 15) is 10.5 Å². The molecule has 1 fully saturated rings. The third kappa shape index (κ3) is 5.87. The predicted octanol–water partition coefficient (Wildman–Crippen LogP) is 6.17. The van der Waals surface area contributed by atoms with E-state index in [0.29, 0.717) is 23.7 Å². The van der Waals surface area contributed by atoms with Crippen LogP contribution >= 0.6 is 22.9 Å². The normalized spacial score (nSPS) is 16.5. The molecule has 5 rings (SSSR count). The molecule has 2 atom stereocenters. The fraction of sp³-hybridized carbons (Fsp3) is 0.444. The van der Waals surface area contributed by atoms with E-state index in [1.807, 2.05) is 39.3 Å². The smallest absolute Gasteiger partial charge is 0.145 e. The van der Waals surface area contributed by atoms with Crippen molar-refractivity contribution in [3.05, 3.63) is 47.0 Å². The maximum Gasteiger partial charge on any atom is 0.145 e. The van der Waals surface area contributed by atoms with E-state index >= 15 is 0 Å². The maximum atomic E-state index is 9.63. The molecule has 9 nitrogen and oxygen atoms in total. The third-order valence-electron chi connectivity index (χ3n) is 7.19. The lowest BCUT2D eigenvalue weighted by molar-refractivity contribution is 0.0899. The number of hydrogen-bond donors (Lipinski definition) is 0. The third-order valence-corrected chi connectivity index (χ3v) is 10.4. The number of thiophene rings is 1. The largest absolute Gasteiger partial charge is 0.362 e. The lowest BCUT2D eigenvalue weighted by Gasteiger charge is -2.23. The molecular weight excluding hydrogens is 548 g/mol. The average molecular weight is 579 g/mol. The summed E-state index contributed by atoms with van der Waals surface area (Å²) >= 11 is 7.70. The number of anilines is 1. The summed E-state index contributed by atoms with van der Waals surface area (Å²) in [6, 6.07) is 7.63. The standard InChI is InChI=1S/C27H31ClN8OSSi/c1-39(2,3)11-10-37-18-35-9-6-21-25(31-17-32-26(21)35)20-13-33-36(15-20)24(4-7-29)19-5-8-34(14-19)27-22(12-30)23(28)16-38-27/h6,9,13,15-17,19,24H,4-5,8,10-11,14,18H2,1-3H3/t19-,24-/m0/s1. The molecule has 0 amide bonds. The zero-order chi connectivity index (χ0) is 27.6. The molecule has 4 aromatic heterocycles. The molecule has 5 heterocycles. The van der Waals surface area contributed by atoms with Crippen LogP contribution < -0.4 is 4.90 Å². The Kier molecular flexibility index (Phi) is 8.05. The fourth-order valence-corrected chi connectivity index (χ4v) is 7.04. The maximum absolute atomic E-state index is 9.63. The number of nitriles is 2. The van der Waals surface area contributed by atoms with Crippen molar-refractivity contribution >= 4 is 47.0 Å². The molecule has 0 radical (unpaired) electrons. The Bertz CT molecular complexity index is 1540. The Labute approximate surface area is 238 Å². The minimum atomic E-state index is -1.14. The van der Waals surface area contributed by atoms with Gasteiger partial charge in [0, 0.05) is 62.4 Å². The lowest BCUT2D eigenvalue weighted by Crippen LogP contribution is -2.25. The van der Waals surface area contributed by atoms with Gasteiger partial charge < -0.3 is 14.2 Å². The van der Waals surface area contributed by atoms with Gasteiger partial charge in [0.25, 0.3) is 0 Å². The van der Waals surface area contributed by atoms with E-state index in [4.69, 9.17) is 16.3 Å². The monoisotopic (exact) mass is 578 g/mol. The number of fused-ring (bicyclic) bond motifs is 1. The Balaban J connectivity index is 1.33. The Morgan fingerprint density at radius 1 is 1.28 bits per heavy atom. The first kappa shape index (κ1) is 27.3. The van der Waals surface area contributed by atoms with Crippen LogP contribution in [0.4, 0.5) is 5.00 Å². The summed E-state index contributed by atoms with van der Waals surface area (Å²) in [5.41, 5.74) is 3.04. The highest BCUT2D eigenvalue weighted by molar-refractivity contribution is 7.15. The van der Waals surface area contributed by atoms with Crippen molar-refractivity contribution in [2.75, 3.05) is 24.6 Å². The van der Waals surface area contributed by atoms with E-state index in [1.54, 1.807) is 6.33 Å². The predicted molar refractivity (Wildman–Crippen MR) is 156 cm³/mol. The van der Waals surface area contributed by atoms with Crippen molar-refractivity contribution in [1.82, 2.24) is 24.3 Å². The van der Waals surface area contributed by atoms with Crippen LogP contribution in [-0.2, 0) is 11.5 Å². The fourth-order valence-electron chi connectivity index (χ4n) is 5.04. The molecule has 0 bridgehead atoms. The molecule has 0 aliphatic carbocycles. The first-order valence-electron chi connectivity index (χ1n) is 13.0. The molecular formula is C27H31ClN8OSSi. The number of rotatable bonds is 10. The van der Waals surface area contributed by atoms with E-state index in [2.05, 4.69) is 51.7 Å². The molecule has 4 aromatic rings. The van der Waals surface area contributed by atoms with Gasteiger partial charge in [-0.15, -0.1) is 11.3 Å². The average Bonchev–Trinajstić information content (AvgIpc) is 3.71. The minimum absolute atomic E-state index is 0.0867. The van der Waals surface area contributed by atoms with Crippen LogP contribution in [0.2, 0.25) is 30.7 Å². The molecule has 12 heteroatoms. The molecule has 0 unspecified atom stereocenters. The topological polar surface area (TPSA) is 109 Å². The highest BCUT2D eigenvalue weighted by Crippen LogP contribution is 2.40. The number of hydrogen-bond acceptors (Lipinski definition) is 8. The quantitative estimate of drug-likeness (QED) is 0.163. The van der Waals surface area contributed by atoms with Gasteiger partial charge in [-0.3, -0.25) is 4.68 Å². The van der Waals surface area contributed by atoms with Gasteiger partial charge in [0.05, 0.1) is 35.4 Å². The Morgan fingerprint density at radius 3 is 2.90 bits per heavy atom. The summed E-state index contributed by atoms with van der Waals surface area (Å²) in [5.74, 6) is 0.213. The Morgan fingerprint density at radius 2 is 2.13 bits per heavy atom. The molecule has 0 aromatic carbocycles. The van der Waals surface area contributed by atoms with Crippen LogP contribution in [0.3, 0.4) is 0 Å². The minimum Gasteiger partial charge on any atom is -0.362 e. The van der Waals surface area contributed by atoms with Crippen molar-refractivity contribution in [3.8, 4) is 23.4 Å². The first-order valence-corrected chi connectivity index (χ1v) is 18.0. The molecule has 1 aliphatic heterocycles. The summed E-state index contributed by atoms with van der Waals surface area (Å²) in [6.45, 7) is 9.78. The summed E-state index contributed by atoms with van der Waals surface area (Å²) in [6.07, 6.45) is 8.61. The Hall–Kier alpha value is -3.22. The van der Waals surface area contributed by atoms with E-state index in [-0.39, 0.29) is 12.0 Å². The van der Waals surface area contributed by atoms with E-state index in [0.717, 1.165) is 59.5 Å². The first-order chi connectivity index (χ1) is 18.8. The zero-order valence-corrected chi connectivity index (χ0v) is 24.9. The van der Waals surface area contributed by atoms with Crippen molar-refractivity contribution in [2.24, 2.45) is 5.92 Å². The second kappa shape index (κ2) is 11.5. The van der Waals surface area contributed by atoms with Gasteiger partial charge in [-0.05, 0) is 18.5 Å².